The van der Waals surface area contributed by atoms with Crippen molar-refractivity contribution in [2.24, 2.45) is 7.05 Å². The average Bonchev–Trinajstić information content (AvgIpc) is 2.56. The second kappa shape index (κ2) is 3.63. The Morgan fingerprint density at radius 1 is 1.44 bits per heavy atom. The van der Waals surface area contributed by atoms with Crippen LogP contribution in [-0.2, 0) is 11.8 Å². The van der Waals surface area contributed by atoms with Gasteiger partial charge in [0.2, 0.25) is 5.91 Å². The molecular weight excluding hydrogens is 202 g/mol. The van der Waals surface area contributed by atoms with E-state index in [2.05, 4.69) is 10.3 Å². The van der Waals surface area contributed by atoms with Gasteiger partial charge in [-0.15, -0.1) is 0 Å². The van der Waals surface area contributed by atoms with Crippen LogP contribution in [0.5, 0.6) is 0 Å². The number of aryl methyl sites for hydroxylation is 3. The van der Waals surface area contributed by atoms with Crippen LogP contribution in [0.3, 0.4) is 0 Å². The molecule has 0 radical (unpaired) electrons. The fourth-order valence-corrected chi connectivity index (χ4v) is 2.01. The highest BCUT2D eigenvalue weighted by Crippen LogP contribution is 2.27. The number of hydrogen-bond acceptors (Lipinski definition) is 2. The van der Waals surface area contributed by atoms with Crippen molar-refractivity contribution in [2.75, 3.05) is 5.32 Å². The van der Waals surface area contributed by atoms with Crippen LogP contribution < -0.4 is 5.32 Å². The van der Waals surface area contributed by atoms with Crippen molar-refractivity contribution in [3.8, 4) is 0 Å². The first-order valence-electron chi connectivity index (χ1n) is 5.19. The largest absolute Gasteiger partial charge is 0.334 e. The van der Waals surface area contributed by atoms with E-state index in [1.807, 2.05) is 31.5 Å². The van der Waals surface area contributed by atoms with Gasteiger partial charge in [-0.1, -0.05) is 0 Å². The van der Waals surface area contributed by atoms with Crippen molar-refractivity contribution in [3.05, 3.63) is 23.5 Å². The molecule has 0 spiro atoms. The van der Waals surface area contributed by atoms with E-state index in [9.17, 15) is 4.79 Å². The molecule has 4 heteroatoms. The number of imidazole rings is 1. The lowest BCUT2D eigenvalue weighted by Crippen LogP contribution is -2.07. The van der Waals surface area contributed by atoms with E-state index in [4.69, 9.17) is 0 Å². The summed E-state index contributed by atoms with van der Waals surface area (Å²) in [4.78, 5) is 15.4. The summed E-state index contributed by atoms with van der Waals surface area (Å²) in [6.45, 7) is 5.51. The van der Waals surface area contributed by atoms with Crippen molar-refractivity contribution < 1.29 is 4.79 Å². The quantitative estimate of drug-likeness (QED) is 0.795. The maximum absolute atomic E-state index is 11.1. The molecule has 2 aromatic rings. The zero-order valence-corrected chi connectivity index (χ0v) is 9.96. The number of nitrogens with zero attached hydrogens (tertiary/aromatic N) is 2. The van der Waals surface area contributed by atoms with Crippen LogP contribution in [0.1, 0.15) is 18.1 Å². The number of benzene rings is 1. The molecule has 1 amide bonds. The van der Waals surface area contributed by atoms with Gasteiger partial charge in [0.1, 0.15) is 0 Å². The minimum atomic E-state index is -0.0576. The Morgan fingerprint density at radius 2 is 2.12 bits per heavy atom. The van der Waals surface area contributed by atoms with Crippen molar-refractivity contribution >= 4 is 22.6 Å². The second-order valence-corrected chi connectivity index (χ2v) is 4.10. The topological polar surface area (TPSA) is 46.9 Å². The van der Waals surface area contributed by atoms with Gasteiger partial charge in [0.25, 0.3) is 0 Å². The maximum Gasteiger partial charge on any atom is 0.221 e. The molecule has 0 aliphatic heterocycles. The normalized spacial score (nSPS) is 10.8. The van der Waals surface area contributed by atoms with Crippen LogP contribution >= 0.6 is 0 Å². The van der Waals surface area contributed by atoms with Crippen LogP contribution in [0.2, 0.25) is 0 Å². The molecule has 2 rings (SSSR count). The molecule has 1 aromatic carbocycles. The highest BCUT2D eigenvalue weighted by Gasteiger charge is 2.11. The molecule has 0 fully saturated rings. The van der Waals surface area contributed by atoms with Gasteiger partial charge in [-0.25, -0.2) is 4.98 Å². The molecule has 0 atom stereocenters. The van der Waals surface area contributed by atoms with E-state index in [-0.39, 0.29) is 5.91 Å². The average molecular weight is 217 g/mol. The predicted molar refractivity (Wildman–Crippen MR) is 64.5 cm³/mol. The van der Waals surface area contributed by atoms with Crippen LogP contribution in [0.25, 0.3) is 11.0 Å². The molecule has 4 nitrogen and oxygen atoms in total. The Labute approximate surface area is 94.3 Å². The first kappa shape index (κ1) is 10.7. The maximum atomic E-state index is 11.1. The number of aromatic nitrogens is 2. The summed E-state index contributed by atoms with van der Waals surface area (Å²) < 4.78 is 2.00. The number of nitrogens with one attached hydrogen (secondary N) is 1. The van der Waals surface area contributed by atoms with Crippen molar-refractivity contribution in [1.82, 2.24) is 9.55 Å². The summed E-state index contributed by atoms with van der Waals surface area (Å²) in [7, 11) is 1.97. The zero-order chi connectivity index (χ0) is 11.9. The molecular formula is C12H15N3O. The number of amides is 1. The van der Waals surface area contributed by atoms with Gasteiger partial charge in [0.05, 0.1) is 17.4 Å². The van der Waals surface area contributed by atoms with Crippen LogP contribution in [0.15, 0.2) is 12.4 Å². The van der Waals surface area contributed by atoms with Crippen molar-refractivity contribution in [1.29, 1.82) is 0 Å². The Morgan fingerprint density at radius 3 is 2.75 bits per heavy atom. The summed E-state index contributed by atoms with van der Waals surface area (Å²) in [6.07, 6.45) is 1.79. The van der Waals surface area contributed by atoms with Gasteiger partial charge in [-0.3, -0.25) is 4.79 Å². The van der Waals surface area contributed by atoms with Gasteiger partial charge < -0.3 is 9.88 Å². The Hall–Kier alpha value is -1.84. The third-order valence-electron chi connectivity index (χ3n) is 2.74. The van der Waals surface area contributed by atoms with Crippen molar-refractivity contribution in [3.63, 3.8) is 0 Å². The number of carbonyl (C=O) groups is 1. The molecule has 0 bridgehead atoms. The first-order valence-corrected chi connectivity index (χ1v) is 5.19. The predicted octanol–water partition coefficient (Wildman–Crippen LogP) is 2.15. The number of hydrogen-bond donors (Lipinski definition) is 1. The van der Waals surface area contributed by atoms with E-state index in [0.29, 0.717) is 0 Å². The zero-order valence-electron chi connectivity index (χ0n) is 9.96. The summed E-state index contributed by atoms with van der Waals surface area (Å²) in [5.41, 5.74) is 5.04. The fourth-order valence-electron chi connectivity index (χ4n) is 2.01. The van der Waals surface area contributed by atoms with Gasteiger partial charge in [-0.05, 0) is 25.5 Å². The van der Waals surface area contributed by atoms with Gasteiger partial charge in [0, 0.05) is 25.2 Å². The summed E-state index contributed by atoms with van der Waals surface area (Å²) in [5, 5.41) is 2.83. The molecule has 0 unspecified atom stereocenters. The Kier molecular flexibility index (Phi) is 2.42. The van der Waals surface area contributed by atoms with Gasteiger partial charge >= 0.3 is 0 Å². The smallest absolute Gasteiger partial charge is 0.221 e. The van der Waals surface area contributed by atoms with E-state index in [1.165, 1.54) is 6.92 Å². The van der Waals surface area contributed by atoms with Crippen molar-refractivity contribution in [2.45, 2.75) is 20.8 Å². The monoisotopic (exact) mass is 217 g/mol. The molecule has 0 aliphatic carbocycles. The van der Waals surface area contributed by atoms with Gasteiger partial charge in [0.15, 0.2) is 0 Å². The summed E-state index contributed by atoms with van der Waals surface area (Å²) in [6, 6.07) is 1.99. The minimum Gasteiger partial charge on any atom is -0.334 e. The third-order valence-corrected chi connectivity index (χ3v) is 2.74. The highest BCUT2D eigenvalue weighted by molar-refractivity contribution is 5.95. The molecule has 84 valence electrons. The van der Waals surface area contributed by atoms with Crippen LogP contribution in [-0.4, -0.2) is 15.5 Å². The SMILES string of the molecule is CC(=O)Nc1cc(C)c2c(ncn2C)c1C. The summed E-state index contributed by atoms with van der Waals surface area (Å²) >= 11 is 0. The van der Waals surface area contributed by atoms with Crippen LogP contribution in [0, 0.1) is 13.8 Å². The molecule has 1 heterocycles. The summed E-state index contributed by atoms with van der Waals surface area (Å²) in [5.74, 6) is -0.0576. The molecule has 0 aliphatic rings. The van der Waals surface area contributed by atoms with E-state index in [0.717, 1.165) is 27.8 Å². The first-order chi connectivity index (χ1) is 7.50. The molecule has 1 N–H and O–H groups in total. The van der Waals surface area contributed by atoms with Gasteiger partial charge in [-0.2, -0.15) is 0 Å². The number of rotatable bonds is 1. The standard InChI is InChI=1S/C12H15N3O/c1-7-5-10(14-9(3)16)8(2)11-12(7)15(4)6-13-11/h5-6H,1-4H3,(H,14,16). The van der Waals surface area contributed by atoms with E-state index >= 15 is 0 Å². The minimum absolute atomic E-state index is 0.0576. The number of carbonyl (C=O) groups excluding carboxylic acids is 1. The molecule has 0 saturated heterocycles. The molecule has 0 saturated carbocycles. The third kappa shape index (κ3) is 1.56. The highest BCUT2D eigenvalue weighted by atomic mass is 16.1. The lowest BCUT2D eigenvalue weighted by molar-refractivity contribution is -0.114. The number of anilines is 1. The number of fused-ring (bicyclic) bond motifs is 1. The van der Waals surface area contributed by atoms with Crippen LogP contribution in [0.4, 0.5) is 5.69 Å². The van der Waals surface area contributed by atoms with E-state index in [1.54, 1.807) is 6.33 Å². The van der Waals surface area contributed by atoms with E-state index < -0.39 is 0 Å². The lowest BCUT2D eigenvalue weighted by atomic mass is 10.1. The second-order valence-electron chi connectivity index (χ2n) is 4.10. The lowest BCUT2D eigenvalue weighted by Gasteiger charge is -2.09. The Bertz CT molecular complexity index is 569. The molecule has 1 aromatic heterocycles. The molecule has 16 heavy (non-hydrogen) atoms. The fraction of sp³-hybridized carbons (Fsp3) is 0.333. The Balaban J connectivity index is 2.71.